The fraction of sp³-hybridized carbons (Fsp3) is 0.222. The van der Waals surface area contributed by atoms with E-state index in [1.807, 2.05) is 6.07 Å². The number of hydrogen-bond donors (Lipinski definition) is 1. The van der Waals surface area contributed by atoms with Crippen LogP contribution < -0.4 is 5.32 Å². The minimum absolute atomic E-state index is 0.499. The molecular weight excluding hydrogens is 298 g/mol. The lowest BCUT2D eigenvalue weighted by Gasteiger charge is -2.12. The van der Waals surface area contributed by atoms with Crippen LogP contribution in [0.4, 0.5) is 0 Å². The molecule has 0 spiro atoms. The average molecular weight is 316 g/mol. The fourth-order valence-electron chi connectivity index (χ4n) is 2.48. The van der Waals surface area contributed by atoms with E-state index in [0.29, 0.717) is 5.92 Å². The highest BCUT2D eigenvalue weighted by molar-refractivity contribution is 7.19. The summed E-state index contributed by atoms with van der Waals surface area (Å²) in [4.78, 5) is 1.22. The van der Waals surface area contributed by atoms with E-state index in [0.717, 1.165) is 23.5 Å². The van der Waals surface area contributed by atoms with Gasteiger partial charge in [-0.1, -0.05) is 67.1 Å². The first-order valence-electron chi connectivity index (χ1n) is 7.17. The van der Waals surface area contributed by atoms with Crippen molar-refractivity contribution in [2.24, 2.45) is 0 Å². The summed E-state index contributed by atoms with van der Waals surface area (Å²) in [6.07, 6.45) is 0. The van der Waals surface area contributed by atoms with E-state index in [1.165, 1.54) is 15.1 Å². The third-order valence-corrected chi connectivity index (χ3v) is 5.42. The Kier molecular flexibility index (Phi) is 4.59. The highest BCUT2D eigenvalue weighted by Gasteiger charge is 2.10. The van der Waals surface area contributed by atoms with Crippen LogP contribution in [0.2, 0.25) is 5.02 Å². The zero-order valence-electron chi connectivity index (χ0n) is 12.0. The van der Waals surface area contributed by atoms with Gasteiger partial charge in [-0.2, -0.15) is 0 Å². The highest BCUT2D eigenvalue weighted by atomic mass is 35.5. The summed E-state index contributed by atoms with van der Waals surface area (Å²) in [5.41, 5.74) is 1.37. The molecule has 0 bridgehead atoms. The monoisotopic (exact) mass is 315 g/mol. The molecule has 0 radical (unpaired) electrons. The van der Waals surface area contributed by atoms with Gasteiger partial charge in [-0.15, -0.1) is 11.3 Å². The van der Waals surface area contributed by atoms with Crippen LogP contribution >= 0.6 is 22.9 Å². The van der Waals surface area contributed by atoms with Crippen molar-refractivity contribution in [2.75, 3.05) is 6.54 Å². The molecule has 21 heavy (non-hydrogen) atoms. The molecule has 0 aliphatic carbocycles. The Morgan fingerprint density at radius 2 is 1.76 bits per heavy atom. The normalized spacial score (nSPS) is 12.7. The van der Waals surface area contributed by atoms with Gasteiger partial charge < -0.3 is 5.32 Å². The SMILES string of the molecule is CC(CNCc1sc2ccccc2c1Cl)c1ccccc1. The van der Waals surface area contributed by atoms with Crippen molar-refractivity contribution in [3.05, 3.63) is 70.1 Å². The van der Waals surface area contributed by atoms with Gasteiger partial charge >= 0.3 is 0 Å². The quantitative estimate of drug-likeness (QED) is 0.660. The van der Waals surface area contributed by atoms with Gasteiger partial charge in [-0.05, 0) is 17.5 Å². The van der Waals surface area contributed by atoms with Crippen LogP contribution in [0.1, 0.15) is 23.3 Å². The molecule has 3 aromatic rings. The molecular formula is C18H18ClNS. The number of benzene rings is 2. The molecule has 1 unspecified atom stereocenters. The Bertz CT molecular complexity index is 720. The van der Waals surface area contributed by atoms with Gasteiger partial charge in [-0.3, -0.25) is 0 Å². The molecule has 3 heteroatoms. The van der Waals surface area contributed by atoms with Crippen molar-refractivity contribution >= 4 is 33.0 Å². The van der Waals surface area contributed by atoms with Crippen LogP contribution in [-0.2, 0) is 6.54 Å². The Balaban J connectivity index is 1.63. The van der Waals surface area contributed by atoms with Gasteiger partial charge in [0, 0.05) is 28.1 Å². The average Bonchev–Trinajstić information content (AvgIpc) is 2.85. The van der Waals surface area contributed by atoms with Gasteiger partial charge in [0.1, 0.15) is 0 Å². The second-order valence-electron chi connectivity index (χ2n) is 5.28. The third-order valence-electron chi connectivity index (χ3n) is 3.71. The maximum atomic E-state index is 6.46. The van der Waals surface area contributed by atoms with E-state index in [1.54, 1.807) is 11.3 Å². The summed E-state index contributed by atoms with van der Waals surface area (Å²) < 4.78 is 1.26. The summed E-state index contributed by atoms with van der Waals surface area (Å²) in [7, 11) is 0. The zero-order valence-corrected chi connectivity index (χ0v) is 13.5. The first-order chi connectivity index (χ1) is 10.3. The zero-order chi connectivity index (χ0) is 14.7. The van der Waals surface area contributed by atoms with Gasteiger partial charge in [-0.25, -0.2) is 0 Å². The highest BCUT2D eigenvalue weighted by Crippen LogP contribution is 2.35. The lowest BCUT2D eigenvalue weighted by molar-refractivity contribution is 0.619. The third kappa shape index (κ3) is 3.29. The molecule has 0 fully saturated rings. The molecule has 0 saturated carbocycles. The minimum atomic E-state index is 0.499. The summed E-state index contributed by atoms with van der Waals surface area (Å²) >= 11 is 8.24. The number of rotatable bonds is 5. The number of hydrogen-bond acceptors (Lipinski definition) is 2. The van der Waals surface area contributed by atoms with Crippen molar-refractivity contribution in [3.8, 4) is 0 Å². The molecule has 0 saturated heterocycles. The summed E-state index contributed by atoms with van der Waals surface area (Å²) in [5, 5.41) is 5.59. The summed E-state index contributed by atoms with van der Waals surface area (Å²) in [6.45, 7) is 4.03. The Hall–Kier alpha value is -1.35. The van der Waals surface area contributed by atoms with Crippen molar-refractivity contribution in [1.82, 2.24) is 5.32 Å². The number of nitrogens with one attached hydrogen (secondary N) is 1. The van der Waals surface area contributed by atoms with E-state index in [9.17, 15) is 0 Å². The molecule has 1 nitrogen and oxygen atoms in total. The molecule has 1 atom stereocenters. The smallest absolute Gasteiger partial charge is 0.0636 e. The maximum absolute atomic E-state index is 6.46. The second kappa shape index (κ2) is 6.61. The van der Waals surface area contributed by atoms with E-state index in [-0.39, 0.29) is 0 Å². The molecule has 0 aliphatic rings. The predicted octanol–water partition coefficient (Wildman–Crippen LogP) is 5.45. The number of thiophene rings is 1. The van der Waals surface area contributed by atoms with Crippen LogP contribution in [0, 0.1) is 0 Å². The molecule has 108 valence electrons. The standard InChI is InChI=1S/C18H18ClNS/c1-13(14-7-3-2-4-8-14)11-20-12-17-18(19)15-9-5-6-10-16(15)21-17/h2-10,13,20H,11-12H2,1H3. The molecule has 1 N–H and O–H groups in total. The molecule has 1 heterocycles. The molecule has 3 rings (SSSR count). The van der Waals surface area contributed by atoms with Crippen molar-refractivity contribution in [2.45, 2.75) is 19.4 Å². The second-order valence-corrected chi connectivity index (χ2v) is 6.79. The van der Waals surface area contributed by atoms with Gasteiger partial charge in [0.05, 0.1) is 5.02 Å². The molecule has 0 aliphatic heterocycles. The van der Waals surface area contributed by atoms with Crippen LogP contribution in [0.15, 0.2) is 54.6 Å². The van der Waals surface area contributed by atoms with Gasteiger partial charge in [0.25, 0.3) is 0 Å². The van der Waals surface area contributed by atoms with Gasteiger partial charge in [0.2, 0.25) is 0 Å². The van der Waals surface area contributed by atoms with E-state index >= 15 is 0 Å². The fourth-order valence-corrected chi connectivity index (χ4v) is 3.95. The maximum Gasteiger partial charge on any atom is 0.0636 e. The number of fused-ring (bicyclic) bond motifs is 1. The lowest BCUT2D eigenvalue weighted by atomic mass is 10.0. The molecule has 2 aromatic carbocycles. The predicted molar refractivity (Wildman–Crippen MR) is 93.4 cm³/mol. The van der Waals surface area contributed by atoms with Crippen LogP contribution in [0.5, 0.6) is 0 Å². The lowest BCUT2D eigenvalue weighted by Crippen LogP contribution is -2.19. The van der Waals surface area contributed by atoms with E-state index < -0.39 is 0 Å². The van der Waals surface area contributed by atoms with Crippen LogP contribution in [0.25, 0.3) is 10.1 Å². The topological polar surface area (TPSA) is 12.0 Å². The Morgan fingerprint density at radius 3 is 2.52 bits per heavy atom. The first kappa shape index (κ1) is 14.6. The largest absolute Gasteiger partial charge is 0.311 e. The minimum Gasteiger partial charge on any atom is -0.311 e. The molecule has 0 amide bonds. The molecule has 1 aromatic heterocycles. The van der Waals surface area contributed by atoms with E-state index in [4.69, 9.17) is 11.6 Å². The summed E-state index contributed by atoms with van der Waals surface area (Å²) in [5.74, 6) is 0.499. The van der Waals surface area contributed by atoms with Crippen molar-refractivity contribution in [1.29, 1.82) is 0 Å². The first-order valence-corrected chi connectivity index (χ1v) is 8.36. The number of halogens is 1. The Labute approximate surface area is 134 Å². The van der Waals surface area contributed by atoms with Crippen LogP contribution in [0.3, 0.4) is 0 Å². The van der Waals surface area contributed by atoms with Crippen molar-refractivity contribution < 1.29 is 0 Å². The Morgan fingerprint density at radius 1 is 1.05 bits per heavy atom. The van der Waals surface area contributed by atoms with E-state index in [2.05, 4.69) is 60.8 Å². The van der Waals surface area contributed by atoms with Crippen LogP contribution in [-0.4, -0.2) is 6.54 Å². The van der Waals surface area contributed by atoms with Gasteiger partial charge in [0.15, 0.2) is 0 Å². The van der Waals surface area contributed by atoms with Crippen molar-refractivity contribution in [3.63, 3.8) is 0 Å². The summed E-state index contributed by atoms with van der Waals surface area (Å²) in [6, 6.07) is 18.9.